The van der Waals surface area contributed by atoms with Crippen molar-refractivity contribution in [2.24, 2.45) is 0 Å². The van der Waals surface area contributed by atoms with E-state index in [1.54, 1.807) is 7.11 Å². The molecule has 0 saturated carbocycles. The molecule has 6 heteroatoms. The van der Waals surface area contributed by atoms with Gasteiger partial charge in [-0.3, -0.25) is 4.79 Å². The Morgan fingerprint density at radius 1 is 1.19 bits per heavy atom. The Labute approximate surface area is 151 Å². The quantitative estimate of drug-likeness (QED) is 0.830. The van der Waals surface area contributed by atoms with E-state index >= 15 is 0 Å². The number of amides is 1. The molecule has 0 aliphatic heterocycles. The summed E-state index contributed by atoms with van der Waals surface area (Å²) in [5, 5.41) is 5.78. The Morgan fingerprint density at radius 2 is 2.04 bits per heavy atom. The number of fused-ring (bicyclic) bond motifs is 1. The Kier molecular flexibility index (Phi) is 5.83. The van der Waals surface area contributed by atoms with E-state index in [1.807, 2.05) is 6.07 Å². The molecule has 1 aliphatic carbocycles. The molecule has 0 radical (unpaired) electrons. The van der Waals surface area contributed by atoms with Crippen molar-refractivity contribution in [1.29, 1.82) is 0 Å². The van der Waals surface area contributed by atoms with Crippen LogP contribution in [0.25, 0.3) is 0 Å². The molecule has 26 heavy (non-hydrogen) atoms. The van der Waals surface area contributed by atoms with Crippen LogP contribution in [0.5, 0.6) is 5.75 Å². The van der Waals surface area contributed by atoms with Gasteiger partial charge in [0.1, 0.15) is 17.4 Å². The third kappa shape index (κ3) is 4.58. The number of hydrogen-bond acceptors (Lipinski definition) is 3. The number of rotatable bonds is 6. The minimum Gasteiger partial charge on any atom is -0.497 e. The molecule has 2 aromatic carbocycles. The molecule has 4 nitrogen and oxygen atoms in total. The number of carbonyl (C=O) groups is 1. The third-order valence-corrected chi connectivity index (χ3v) is 4.63. The van der Waals surface area contributed by atoms with Crippen LogP contribution in [0.2, 0.25) is 0 Å². The highest BCUT2D eigenvalue weighted by atomic mass is 19.1. The summed E-state index contributed by atoms with van der Waals surface area (Å²) in [4.78, 5) is 11.9. The van der Waals surface area contributed by atoms with E-state index in [1.165, 1.54) is 11.1 Å². The van der Waals surface area contributed by atoms with Gasteiger partial charge in [0.15, 0.2) is 0 Å². The van der Waals surface area contributed by atoms with E-state index in [0.29, 0.717) is 6.54 Å². The topological polar surface area (TPSA) is 50.4 Å². The average Bonchev–Trinajstić information content (AvgIpc) is 2.64. The summed E-state index contributed by atoms with van der Waals surface area (Å²) in [5.41, 5.74) is 2.47. The van der Waals surface area contributed by atoms with Gasteiger partial charge in [-0.25, -0.2) is 8.78 Å². The first-order chi connectivity index (χ1) is 12.5. The lowest BCUT2D eigenvalue weighted by Crippen LogP contribution is -2.36. The molecule has 3 rings (SSSR count). The van der Waals surface area contributed by atoms with Crippen LogP contribution in [0.15, 0.2) is 36.4 Å². The zero-order valence-electron chi connectivity index (χ0n) is 14.6. The fraction of sp³-hybridized carbons (Fsp3) is 0.350. The van der Waals surface area contributed by atoms with Gasteiger partial charge < -0.3 is 15.4 Å². The van der Waals surface area contributed by atoms with Crippen LogP contribution >= 0.6 is 0 Å². The summed E-state index contributed by atoms with van der Waals surface area (Å²) in [6.07, 6.45) is 3.06. The van der Waals surface area contributed by atoms with Crippen molar-refractivity contribution in [3.05, 3.63) is 59.2 Å². The Balaban J connectivity index is 1.47. The molecule has 0 aromatic heterocycles. The zero-order chi connectivity index (χ0) is 18.5. The molecule has 1 amide bonds. The third-order valence-electron chi connectivity index (χ3n) is 4.63. The van der Waals surface area contributed by atoms with Gasteiger partial charge in [0.05, 0.1) is 12.8 Å². The van der Waals surface area contributed by atoms with E-state index in [-0.39, 0.29) is 24.1 Å². The van der Waals surface area contributed by atoms with Crippen LogP contribution < -0.4 is 15.4 Å². The second kappa shape index (κ2) is 8.27. The fourth-order valence-electron chi connectivity index (χ4n) is 3.23. The second-order valence-corrected chi connectivity index (χ2v) is 6.45. The molecule has 1 aliphatic rings. The molecule has 2 N–H and O–H groups in total. The lowest BCUT2D eigenvalue weighted by molar-refractivity contribution is -0.116. The number of anilines is 1. The van der Waals surface area contributed by atoms with Crippen molar-refractivity contribution in [2.45, 2.75) is 31.7 Å². The van der Waals surface area contributed by atoms with E-state index in [2.05, 4.69) is 22.8 Å². The van der Waals surface area contributed by atoms with Crippen LogP contribution in [0.3, 0.4) is 0 Å². The van der Waals surface area contributed by atoms with Crippen molar-refractivity contribution >= 4 is 11.6 Å². The first-order valence-electron chi connectivity index (χ1n) is 8.69. The molecule has 0 fully saturated rings. The van der Waals surface area contributed by atoms with Crippen LogP contribution in [-0.4, -0.2) is 25.6 Å². The number of ether oxygens (including phenoxy) is 1. The number of hydrogen-bond donors (Lipinski definition) is 2. The number of nitrogens with one attached hydrogen (secondary N) is 2. The second-order valence-electron chi connectivity index (χ2n) is 6.45. The smallest absolute Gasteiger partial charge is 0.225 e. The average molecular weight is 360 g/mol. The maximum atomic E-state index is 13.5. The van der Waals surface area contributed by atoms with Crippen LogP contribution in [0.4, 0.5) is 14.5 Å². The molecule has 1 unspecified atom stereocenters. The highest BCUT2D eigenvalue weighted by Crippen LogP contribution is 2.25. The highest BCUT2D eigenvalue weighted by Gasteiger charge is 2.19. The van der Waals surface area contributed by atoms with E-state index < -0.39 is 11.6 Å². The molecule has 0 heterocycles. The van der Waals surface area contributed by atoms with Crippen LogP contribution in [0.1, 0.15) is 24.0 Å². The molecule has 2 aromatic rings. The predicted octanol–water partition coefficient (Wildman–Crippen LogP) is 3.45. The predicted molar refractivity (Wildman–Crippen MR) is 96.4 cm³/mol. The minimum atomic E-state index is -0.648. The summed E-state index contributed by atoms with van der Waals surface area (Å²) in [7, 11) is 1.65. The van der Waals surface area contributed by atoms with Crippen molar-refractivity contribution in [2.75, 3.05) is 19.0 Å². The van der Waals surface area contributed by atoms with Crippen LogP contribution in [-0.2, 0) is 17.6 Å². The van der Waals surface area contributed by atoms with Gasteiger partial charge in [0, 0.05) is 25.1 Å². The van der Waals surface area contributed by atoms with E-state index in [9.17, 15) is 13.6 Å². The van der Waals surface area contributed by atoms with Crippen molar-refractivity contribution < 1.29 is 18.3 Å². The van der Waals surface area contributed by atoms with Gasteiger partial charge in [0.2, 0.25) is 5.91 Å². The lowest BCUT2D eigenvalue weighted by Gasteiger charge is -2.26. The monoisotopic (exact) mass is 360 g/mol. The number of carbonyl (C=O) groups excluding carboxylic acids is 1. The molecule has 0 bridgehead atoms. The van der Waals surface area contributed by atoms with Gasteiger partial charge >= 0.3 is 0 Å². The SMILES string of the molecule is COc1ccc2c(c1)CC(NCCC(=O)Nc1cc(F)ccc1F)CC2. The fourth-order valence-corrected chi connectivity index (χ4v) is 3.23. The summed E-state index contributed by atoms with van der Waals surface area (Å²) in [6.45, 7) is 0.479. The van der Waals surface area contributed by atoms with Gasteiger partial charge in [-0.1, -0.05) is 6.07 Å². The molecule has 1 atom stereocenters. The van der Waals surface area contributed by atoms with Gasteiger partial charge in [-0.2, -0.15) is 0 Å². The highest BCUT2D eigenvalue weighted by molar-refractivity contribution is 5.90. The minimum absolute atomic E-state index is 0.131. The van der Waals surface area contributed by atoms with Crippen molar-refractivity contribution in [3.63, 3.8) is 0 Å². The summed E-state index contributed by atoms with van der Waals surface area (Å²) < 4.78 is 31.9. The summed E-state index contributed by atoms with van der Waals surface area (Å²) in [6, 6.07) is 9.41. The number of aryl methyl sites for hydroxylation is 1. The Hall–Kier alpha value is -2.47. The largest absolute Gasteiger partial charge is 0.497 e. The molecule has 0 spiro atoms. The maximum Gasteiger partial charge on any atom is 0.225 e. The van der Waals surface area contributed by atoms with Crippen molar-refractivity contribution in [3.8, 4) is 5.75 Å². The standard InChI is InChI=1S/C20H22F2N2O2/c1-26-17-6-3-13-2-5-16(10-14(13)11-17)23-9-8-20(25)24-19-12-15(21)4-7-18(19)22/h3-4,6-7,11-12,16,23H,2,5,8-10H2,1H3,(H,24,25). The number of halogens is 2. The van der Waals surface area contributed by atoms with Gasteiger partial charge in [0.25, 0.3) is 0 Å². The van der Waals surface area contributed by atoms with E-state index in [0.717, 1.165) is 43.2 Å². The molecular weight excluding hydrogens is 338 g/mol. The van der Waals surface area contributed by atoms with E-state index in [4.69, 9.17) is 4.74 Å². The lowest BCUT2D eigenvalue weighted by atomic mass is 9.88. The molecule has 138 valence electrons. The summed E-state index contributed by atoms with van der Waals surface area (Å²) in [5.74, 6) is -0.734. The maximum absolute atomic E-state index is 13.5. The molecular formula is C20H22F2N2O2. The molecule has 0 saturated heterocycles. The summed E-state index contributed by atoms with van der Waals surface area (Å²) >= 11 is 0. The first kappa shape index (κ1) is 18.3. The van der Waals surface area contributed by atoms with Crippen LogP contribution in [0, 0.1) is 11.6 Å². The van der Waals surface area contributed by atoms with Crippen molar-refractivity contribution in [1.82, 2.24) is 5.32 Å². The Bertz CT molecular complexity index is 795. The van der Waals surface area contributed by atoms with Gasteiger partial charge in [-0.05, 0) is 54.7 Å². The van der Waals surface area contributed by atoms with Gasteiger partial charge in [-0.15, -0.1) is 0 Å². The Morgan fingerprint density at radius 3 is 2.85 bits per heavy atom. The normalized spacial score (nSPS) is 16.0. The zero-order valence-corrected chi connectivity index (χ0v) is 14.6. The first-order valence-corrected chi connectivity index (χ1v) is 8.69. The number of methoxy groups -OCH3 is 1. The number of benzene rings is 2.